The molecule has 0 unspecified atom stereocenters. The lowest BCUT2D eigenvalue weighted by molar-refractivity contribution is 0.0951. The number of nitrogens with two attached hydrogens (primary N) is 1. The van der Waals surface area contributed by atoms with Gasteiger partial charge in [0, 0.05) is 25.2 Å². The molecule has 0 saturated heterocycles. The van der Waals surface area contributed by atoms with Crippen LogP contribution in [0.1, 0.15) is 27.0 Å². The molecule has 1 aliphatic heterocycles. The summed E-state index contributed by atoms with van der Waals surface area (Å²) in [6, 6.07) is 11.4. The monoisotopic (exact) mass is 401 g/mol. The van der Waals surface area contributed by atoms with E-state index in [1.54, 1.807) is 18.5 Å². The first-order valence-corrected chi connectivity index (χ1v) is 9.67. The zero-order valence-electron chi connectivity index (χ0n) is 16.1. The van der Waals surface area contributed by atoms with Crippen molar-refractivity contribution in [3.8, 4) is 0 Å². The lowest BCUT2D eigenvalue weighted by Gasteiger charge is -2.32. The molecule has 0 bridgehead atoms. The van der Waals surface area contributed by atoms with Gasteiger partial charge < -0.3 is 20.9 Å². The molecule has 0 spiro atoms. The van der Waals surface area contributed by atoms with Crippen LogP contribution in [0.15, 0.2) is 52.3 Å². The number of benzene rings is 2. The SMILES string of the molecule is Nc1c(N2CCc3ccc(CNC(=O)c4ccc5[nH]cnc5c4)cc3C2)c(=O)c1=O. The number of aromatic amines is 1. The predicted octanol–water partition coefficient (Wildman–Crippen LogP) is 1.23. The van der Waals surface area contributed by atoms with E-state index in [0.717, 1.165) is 28.6 Å². The zero-order chi connectivity index (χ0) is 20.8. The molecule has 0 fully saturated rings. The number of fused-ring (bicyclic) bond motifs is 2. The largest absolute Gasteiger partial charge is 0.394 e. The van der Waals surface area contributed by atoms with Crippen molar-refractivity contribution in [2.75, 3.05) is 17.2 Å². The van der Waals surface area contributed by atoms with Crippen molar-refractivity contribution < 1.29 is 4.79 Å². The van der Waals surface area contributed by atoms with E-state index in [4.69, 9.17) is 5.73 Å². The van der Waals surface area contributed by atoms with Crippen molar-refractivity contribution >= 4 is 28.3 Å². The van der Waals surface area contributed by atoms with Crippen molar-refractivity contribution in [3.05, 3.63) is 85.4 Å². The Bertz CT molecular complexity index is 1360. The minimum atomic E-state index is -0.597. The summed E-state index contributed by atoms with van der Waals surface area (Å²) in [5.74, 6) is -0.171. The quantitative estimate of drug-likeness (QED) is 0.442. The molecule has 5 rings (SSSR count). The van der Waals surface area contributed by atoms with E-state index in [1.807, 2.05) is 23.1 Å². The first-order valence-electron chi connectivity index (χ1n) is 9.67. The van der Waals surface area contributed by atoms with E-state index in [0.29, 0.717) is 30.9 Å². The fourth-order valence-electron chi connectivity index (χ4n) is 3.98. The summed E-state index contributed by atoms with van der Waals surface area (Å²) in [4.78, 5) is 44.8. The fraction of sp³-hybridized carbons (Fsp3) is 0.182. The average Bonchev–Trinajstić information content (AvgIpc) is 3.25. The number of nitrogen functional groups attached to an aromatic ring is 1. The smallest absolute Gasteiger partial charge is 0.253 e. The van der Waals surface area contributed by atoms with Crippen LogP contribution < -0.4 is 26.8 Å². The van der Waals surface area contributed by atoms with Crippen LogP contribution in [0.3, 0.4) is 0 Å². The van der Waals surface area contributed by atoms with E-state index in [2.05, 4.69) is 21.4 Å². The summed E-state index contributed by atoms with van der Waals surface area (Å²) < 4.78 is 0. The molecule has 0 atom stereocenters. The van der Waals surface area contributed by atoms with Crippen LogP contribution in [0.4, 0.5) is 11.4 Å². The van der Waals surface area contributed by atoms with E-state index in [-0.39, 0.29) is 11.6 Å². The Balaban J connectivity index is 1.30. The maximum absolute atomic E-state index is 12.5. The van der Waals surface area contributed by atoms with Crippen molar-refractivity contribution in [1.29, 1.82) is 0 Å². The van der Waals surface area contributed by atoms with E-state index >= 15 is 0 Å². The van der Waals surface area contributed by atoms with Crippen LogP contribution in [0.5, 0.6) is 0 Å². The van der Waals surface area contributed by atoms with Crippen molar-refractivity contribution in [2.24, 2.45) is 0 Å². The second-order valence-corrected chi connectivity index (χ2v) is 7.51. The number of carbonyl (C=O) groups excluding carboxylic acids is 1. The Hall–Kier alpha value is -3.94. The summed E-state index contributed by atoms with van der Waals surface area (Å²) in [6.07, 6.45) is 2.36. The normalized spacial score (nSPS) is 13.5. The molecule has 4 aromatic rings. The van der Waals surface area contributed by atoms with E-state index < -0.39 is 10.9 Å². The highest BCUT2D eigenvalue weighted by atomic mass is 16.2. The molecule has 0 aliphatic carbocycles. The van der Waals surface area contributed by atoms with Crippen LogP contribution in [-0.2, 0) is 19.5 Å². The molecule has 1 amide bonds. The van der Waals surface area contributed by atoms with Gasteiger partial charge >= 0.3 is 0 Å². The number of carbonyl (C=O) groups is 1. The van der Waals surface area contributed by atoms with Gasteiger partial charge in [-0.1, -0.05) is 18.2 Å². The Morgan fingerprint density at radius 3 is 2.83 bits per heavy atom. The molecular weight excluding hydrogens is 382 g/mol. The zero-order valence-corrected chi connectivity index (χ0v) is 16.1. The number of aromatic nitrogens is 2. The summed E-state index contributed by atoms with van der Waals surface area (Å²) in [5, 5.41) is 2.94. The van der Waals surface area contributed by atoms with Gasteiger partial charge in [0.25, 0.3) is 16.8 Å². The Kier molecular flexibility index (Phi) is 4.13. The highest BCUT2D eigenvalue weighted by Gasteiger charge is 2.26. The second-order valence-electron chi connectivity index (χ2n) is 7.51. The van der Waals surface area contributed by atoms with Gasteiger partial charge in [0.1, 0.15) is 11.4 Å². The molecule has 150 valence electrons. The third kappa shape index (κ3) is 2.93. The minimum Gasteiger partial charge on any atom is -0.394 e. The summed E-state index contributed by atoms with van der Waals surface area (Å²) in [6.45, 7) is 1.54. The molecule has 1 aromatic heterocycles. The lowest BCUT2D eigenvalue weighted by Crippen LogP contribution is -2.44. The van der Waals surface area contributed by atoms with Crippen molar-refractivity contribution in [3.63, 3.8) is 0 Å². The Labute approximate surface area is 171 Å². The summed E-state index contributed by atoms with van der Waals surface area (Å²) in [7, 11) is 0. The first kappa shape index (κ1) is 18.1. The number of hydrogen-bond donors (Lipinski definition) is 3. The van der Waals surface area contributed by atoms with Gasteiger partial charge in [0.05, 0.1) is 17.4 Å². The minimum absolute atomic E-state index is 0.0562. The van der Waals surface area contributed by atoms with Gasteiger partial charge in [-0.25, -0.2) is 4.98 Å². The number of nitrogens with zero attached hydrogens (tertiary/aromatic N) is 2. The molecule has 4 N–H and O–H groups in total. The maximum Gasteiger partial charge on any atom is 0.253 e. The van der Waals surface area contributed by atoms with E-state index in [9.17, 15) is 14.4 Å². The fourth-order valence-corrected chi connectivity index (χ4v) is 3.98. The number of nitrogens with one attached hydrogen (secondary N) is 2. The van der Waals surface area contributed by atoms with Crippen LogP contribution in [-0.4, -0.2) is 22.4 Å². The van der Waals surface area contributed by atoms with Gasteiger partial charge in [-0.15, -0.1) is 0 Å². The number of H-pyrrole nitrogens is 1. The highest BCUT2D eigenvalue weighted by molar-refractivity contribution is 5.97. The standard InChI is InChI=1S/C22H19N5O3/c23-18-19(21(29)20(18)28)27-6-5-13-2-1-12(7-15(13)10-27)9-24-22(30)14-3-4-16-17(8-14)26-11-25-16/h1-4,7-8,11H,5-6,9-10,23H2,(H,24,30)(H,25,26). The third-order valence-electron chi connectivity index (χ3n) is 5.66. The van der Waals surface area contributed by atoms with Crippen LogP contribution in [0.25, 0.3) is 11.0 Å². The van der Waals surface area contributed by atoms with Crippen molar-refractivity contribution in [2.45, 2.75) is 19.5 Å². The Morgan fingerprint density at radius 1 is 1.13 bits per heavy atom. The van der Waals surface area contributed by atoms with E-state index in [1.165, 1.54) is 5.56 Å². The molecule has 3 aromatic carbocycles. The molecule has 2 heterocycles. The molecule has 8 heteroatoms. The predicted molar refractivity (Wildman–Crippen MR) is 114 cm³/mol. The molecule has 0 saturated carbocycles. The van der Waals surface area contributed by atoms with Gasteiger partial charge in [0.15, 0.2) is 0 Å². The summed E-state index contributed by atoms with van der Waals surface area (Å²) in [5.41, 5.74) is 10.4. The van der Waals surface area contributed by atoms with Gasteiger partial charge in [-0.3, -0.25) is 14.4 Å². The molecule has 1 aliphatic rings. The molecule has 0 radical (unpaired) electrons. The van der Waals surface area contributed by atoms with Gasteiger partial charge in [0.2, 0.25) is 0 Å². The summed E-state index contributed by atoms with van der Waals surface area (Å²) >= 11 is 0. The maximum atomic E-state index is 12.5. The number of imidazole rings is 1. The number of rotatable bonds is 4. The second kappa shape index (κ2) is 6.84. The van der Waals surface area contributed by atoms with Crippen molar-refractivity contribution in [1.82, 2.24) is 15.3 Å². The molecular formula is C22H19N5O3. The number of anilines is 2. The molecule has 30 heavy (non-hydrogen) atoms. The average molecular weight is 401 g/mol. The Morgan fingerprint density at radius 2 is 2.00 bits per heavy atom. The first-order chi connectivity index (χ1) is 14.5. The molecule has 8 nitrogen and oxygen atoms in total. The van der Waals surface area contributed by atoms with Gasteiger partial charge in [-0.2, -0.15) is 0 Å². The van der Waals surface area contributed by atoms with Crippen LogP contribution >= 0.6 is 0 Å². The van der Waals surface area contributed by atoms with Gasteiger partial charge in [-0.05, 0) is 41.3 Å². The number of amides is 1. The highest BCUT2D eigenvalue weighted by Crippen LogP contribution is 2.26. The van der Waals surface area contributed by atoms with Crippen LogP contribution in [0.2, 0.25) is 0 Å². The number of hydrogen-bond acceptors (Lipinski definition) is 6. The topological polar surface area (TPSA) is 121 Å². The third-order valence-corrected chi connectivity index (χ3v) is 5.66. The lowest BCUT2D eigenvalue weighted by atomic mass is 9.96. The van der Waals surface area contributed by atoms with Crippen LogP contribution in [0, 0.1) is 0 Å².